The van der Waals surface area contributed by atoms with Crippen LogP contribution in [-0.2, 0) is 20.7 Å². The van der Waals surface area contributed by atoms with E-state index in [9.17, 15) is 19.8 Å². The van der Waals surface area contributed by atoms with Gasteiger partial charge in [0.15, 0.2) is 11.5 Å². The number of phenols is 2. The second-order valence-corrected chi connectivity index (χ2v) is 6.71. The Kier molecular flexibility index (Phi) is 6.26. The molecule has 0 saturated heterocycles. The Hall–Kier alpha value is -1.96. The van der Waals surface area contributed by atoms with Crippen LogP contribution in [-0.4, -0.2) is 41.0 Å². The van der Waals surface area contributed by atoms with Crippen LogP contribution < -0.4 is 5.32 Å². The number of benzene rings is 1. The van der Waals surface area contributed by atoms with Crippen LogP contribution in [0.3, 0.4) is 0 Å². The molecule has 1 atom stereocenters. The van der Waals surface area contributed by atoms with Gasteiger partial charge in [0.05, 0.1) is 7.11 Å². The number of methoxy groups -OCH3 is 1. The highest BCUT2D eigenvalue weighted by atomic mass is 79.9. The van der Waals surface area contributed by atoms with E-state index in [0.29, 0.717) is 10.0 Å². The van der Waals surface area contributed by atoms with Gasteiger partial charge in [-0.2, -0.15) is 0 Å². The standard InChI is InChI=1S/C15H20BrNO6/c1-15(2,3)23-14(21)17-10(13(20)22-4)5-8-6-11(18)12(19)7-9(8)16/h6-7,10,18-19H,5H2,1-4H3,(H,17,21)/t10-/m0/s1. The van der Waals surface area contributed by atoms with E-state index in [1.54, 1.807) is 20.8 Å². The summed E-state index contributed by atoms with van der Waals surface area (Å²) in [5.41, 5.74) is -0.200. The van der Waals surface area contributed by atoms with Gasteiger partial charge in [-0.05, 0) is 38.5 Å². The normalized spacial score (nSPS) is 12.4. The van der Waals surface area contributed by atoms with E-state index in [1.807, 2.05) is 0 Å². The van der Waals surface area contributed by atoms with Gasteiger partial charge in [-0.25, -0.2) is 9.59 Å². The van der Waals surface area contributed by atoms with Gasteiger partial charge in [0.1, 0.15) is 11.6 Å². The van der Waals surface area contributed by atoms with Crippen LogP contribution in [0.1, 0.15) is 26.3 Å². The molecule has 3 N–H and O–H groups in total. The number of amides is 1. The van der Waals surface area contributed by atoms with Crippen LogP contribution in [0.4, 0.5) is 4.79 Å². The van der Waals surface area contributed by atoms with E-state index in [0.717, 1.165) is 0 Å². The van der Waals surface area contributed by atoms with E-state index in [1.165, 1.54) is 19.2 Å². The van der Waals surface area contributed by atoms with Crippen molar-refractivity contribution in [3.05, 3.63) is 22.2 Å². The van der Waals surface area contributed by atoms with Crippen LogP contribution in [0.15, 0.2) is 16.6 Å². The third-order valence-corrected chi connectivity index (χ3v) is 3.48. The van der Waals surface area contributed by atoms with Crippen molar-refractivity contribution < 1.29 is 29.3 Å². The number of hydrogen-bond donors (Lipinski definition) is 3. The lowest BCUT2D eigenvalue weighted by atomic mass is 10.1. The third-order valence-electron chi connectivity index (χ3n) is 2.74. The lowest BCUT2D eigenvalue weighted by Gasteiger charge is -2.23. The summed E-state index contributed by atoms with van der Waals surface area (Å²) in [6, 6.07) is 1.59. The number of nitrogens with one attached hydrogen (secondary N) is 1. The molecule has 0 aliphatic rings. The highest BCUT2D eigenvalue weighted by molar-refractivity contribution is 9.10. The first-order valence-corrected chi connectivity index (χ1v) is 7.60. The van der Waals surface area contributed by atoms with Gasteiger partial charge in [0.2, 0.25) is 0 Å². The molecular weight excluding hydrogens is 370 g/mol. The van der Waals surface area contributed by atoms with Gasteiger partial charge < -0.3 is 25.0 Å². The molecule has 7 nitrogen and oxygen atoms in total. The number of alkyl carbamates (subject to hydrolysis) is 1. The van der Waals surface area contributed by atoms with Gasteiger partial charge in [0.25, 0.3) is 0 Å². The van der Waals surface area contributed by atoms with Crippen LogP contribution in [0.5, 0.6) is 11.5 Å². The quantitative estimate of drug-likeness (QED) is 0.539. The Morgan fingerprint density at radius 2 is 1.83 bits per heavy atom. The number of halogens is 1. The molecule has 0 radical (unpaired) electrons. The highest BCUT2D eigenvalue weighted by Gasteiger charge is 2.26. The first-order valence-electron chi connectivity index (χ1n) is 6.81. The second kappa shape index (κ2) is 7.54. The molecule has 8 heteroatoms. The van der Waals surface area contributed by atoms with Crippen LogP contribution in [0.2, 0.25) is 0 Å². The molecule has 1 aromatic carbocycles. The van der Waals surface area contributed by atoms with Crippen molar-refractivity contribution >= 4 is 28.0 Å². The van der Waals surface area contributed by atoms with Gasteiger partial charge >= 0.3 is 12.1 Å². The molecule has 23 heavy (non-hydrogen) atoms. The van der Waals surface area contributed by atoms with Gasteiger partial charge in [-0.3, -0.25) is 0 Å². The van der Waals surface area contributed by atoms with Crippen molar-refractivity contribution in [1.82, 2.24) is 5.32 Å². The Labute approximate surface area is 142 Å². The number of carbonyl (C=O) groups excluding carboxylic acids is 2. The molecule has 1 aromatic rings. The molecule has 0 bridgehead atoms. The maximum Gasteiger partial charge on any atom is 0.408 e. The number of rotatable bonds is 4. The fourth-order valence-corrected chi connectivity index (χ4v) is 2.25. The zero-order valence-corrected chi connectivity index (χ0v) is 14.9. The molecule has 0 heterocycles. The Bertz CT molecular complexity index is 596. The van der Waals surface area contributed by atoms with E-state index >= 15 is 0 Å². The molecule has 0 saturated carbocycles. The zero-order valence-electron chi connectivity index (χ0n) is 13.3. The van der Waals surface area contributed by atoms with Crippen LogP contribution in [0.25, 0.3) is 0 Å². The van der Waals surface area contributed by atoms with Gasteiger partial charge in [0, 0.05) is 10.9 Å². The molecule has 0 aliphatic carbocycles. The summed E-state index contributed by atoms with van der Waals surface area (Å²) < 4.78 is 10.3. The van der Waals surface area contributed by atoms with Crippen molar-refractivity contribution in [3.63, 3.8) is 0 Å². The smallest absolute Gasteiger partial charge is 0.408 e. The summed E-state index contributed by atoms with van der Waals surface area (Å²) in [5, 5.41) is 21.4. The molecule has 1 amide bonds. The summed E-state index contributed by atoms with van der Waals surface area (Å²) in [4.78, 5) is 23.7. The molecule has 0 spiro atoms. The predicted octanol–water partition coefficient (Wildman–Crippen LogP) is 2.47. The Morgan fingerprint density at radius 3 is 2.35 bits per heavy atom. The second-order valence-electron chi connectivity index (χ2n) is 5.86. The lowest BCUT2D eigenvalue weighted by molar-refractivity contribution is -0.143. The monoisotopic (exact) mass is 389 g/mol. The van der Waals surface area contributed by atoms with Crippen LogP contribution >= 0.6 is 15.9 Å². The van der Waals surface area contributed by atoms with Crippen LogP contribution in [0, 0.1) is 0 Å². The minimum atomic E-state index is -1.00. The first kappa shape index (κ1) is 19.1. The molecule has 0 fully saturated rings. The summed E-state index contributed by atoms with van der Waals surface area (Å²) in [6.07, 6.45) is -0.715. The fourth-order valence-electron chi connectivity index (χ4n) is 1.76. The number of hydrogen-bond acceptors (Lipinski definition) is 6. The summed E-state index contributed by atoms with van der Waals surface area (Å²) in [5.74, 6) is -1.28. The van der Waals surface area contributed by atoms with Crippen molar-refractivity contribution in [2.24, 2.45) is 0 Å². The highest BCUT2D eigenvalue weighted by Crippen LogP contribution is 2.32. The molecule has 1 rings (SSSR count). The summed E-state index contributed by atoms with van der Waals surface area (Å²) in [6.45, 7) is 5.11. The molecule has 128 valence electrons. The van der Waals surface area contributed by atoms with Crippen molar-refractivity contribution in [2.75, 3.05) is 7.11 Å². The maximum atomic E-state index is 11.9. The predicted molar refractivity (Wildman–Crippen MR) is 86.3 cm³/mol. The van der Waals surface area contributed by atoms with Crippen molar-refractivity contribution in [2.45, 2.75) is 38.8 Å². The maximum absolute atomic E-state index is 11.9. The van der Waals surface area contributed by atoms with Crippen molar-refractivity contribution in [3.8, 4) is 11.5 Å². The minimum absolute atomic E-state index is 0.0420. The number of aromatic hydroxyl groups is 2. The largest absolute Gasteiger partial charge is 0.504 e. The van der Waals surface area contributed by atoms with E-state index < -0.39 is 23.7 Å². The minimum Gasteiger partial charge on any atom is -0.504 e. The number of ether oxygens (including phenoxy) is 2. The lowest BCUT2D eigenvalue weighted by Crippen LogP contribution is -2.45. The van der Waals surface area contributed by atoms with Gasteiger partial charge in [-0.15, -0.1) is 0 Å². The number of carbonyl (C=O) groups is 2. The molecule has 0 aromatic heterocycles. The number of phenolic OH excluding ortho intramolecular Hbond substituents is 2. The topological polar surface area (TPSA) is 105 Å². The summed E-state index contributed by atoms with van der Waals surface area (Å²) in [7, 11) is 1.20. The number of esters is 1. The van der Waals surface area contributed by atoms with Gasteiger partial charge in [-0.1, -0.05) is 15.9 Å². The average Bonchev–Trinajstić information content (AvgIpc) is 2.40. The first-order chi connectivity index (χ1) is 10.5. The van der Waals surface area contributed by atoms with Crippen molar-refractivity contribution in [1.29, 1.82) is 0 Å². The SMILES string of the molecule is COC(=O)[C@H](Cc1cc(O)c(O)cc1Br)NC(=O)OC(C)(C)C. The summed E-state index contributed by atoms with van der Waals surface area (Å²) >= 11 is 3.23. The Balaban J connectivity index is 2.94. The zero-order chi connectivity index (χ0) is 17.8. The molecular formula is C15H20BrNO6. The van der Waals surface area contributed by atoms with E-state index in [2.05, 4.69) is 26.0 Å². The Morgan fingerprint density at radius 1 is 1.26 bits per heavy atom. The van der Waals surface area contributed by atoms with E-state index in [-0.39, 0.29) is 17.9 Å². The fraction of sp³-hybridized carbons (Fsp3) is 0.467. The molecule has 0 aliphatic heterocycles. The van der Waals surface area contributed by atoms with E-state index in [4.69, 9.17) is 4.74 Å². The molecule has 0 unspecified atom stereocenters. The third kappa shape index (κ3) is 5.97. The average molecular weight is 390 g/mol.